The minimum atomic E-state index is -4.75. The van der Waals surface area contributed by atoms with Gasteiger partial charge in [-0.15, -0.1) is 0 Å². The number of non-ortho nitro benzene ring substituents is 1. The van der Waals surface area contributed by atoms with Crippen molar-refractivity contribution < 1.29 is 36.0 Å². The molecule has 0 saturated heterocycles. The molecule has 0 fully saturated rings. The molecule has 2 rings (SSSR count). The Morgan fingerprint density at radius 3 is 2.39 bits per heavy atom. The minimum absolute atomic E-state index is 0.396. The van der Waals surface area contributed by atoms with Gasteiger partial charge < -0.3 is 4.74 Å². The van der Waals surface area contributed by atoms with Crippen molar-refractivity contribution in [2.45, 2.75) is 11.1 Å². The lowest BCUT2D eigenvalue weighted by Crippen LogP contribution is -2.36. The first-order valence-electron chi connectivity index (χ1n) is 7.48. The maximum absolute atomic E-state index is 13.0. The summed E-state index contributed by atoms with van der Waals surface area (Å²) in [5.41, 5.74) is -2.12. The lowest BCUT2D eigenvalue weighted by molar-refractivity contribution is -0.385. The molecule has 0 unspecified atom stereocenters. The summed E-state index contributed by atoms with van der Waals surface area (Å²) in [6.07, 6.45) is -4.75. The first-order valence-corrected chi connectivity index (χ1v) is 8.92. The van der Waals surface area contributed by atoms with E-state index in [9.17, 15) is 36.5 Å². The molecule has 0 aliphatic heterocycles. The highest BCUT2D eigenvalue weighted by molar-refractivity contribution is 7.92. The van der Waals surface area contributed by atoms with Gasteiger partial charge in [-0.3, -0.25) is 19.2 Å². The fraction of sp³-hybridized carbons (Fsp3) is 0.188. The molecule has 0 radical (unpaired) electrons. The number of nitro groups is 1. The zero-order valence-electron chi connectivity index (χ0n) is 14.2. The van der Waals surface area contributed by atoms with E-state index in [0.29, 0.717) is 10.4 Å². The Morgan fingerprint density at radius 1 is 1.18 bits per heavy atom. The second kappa shape index (κ2) is 7.84. The van der Waals surface area contributed by atoms with Gasteiger partial charge in [-0.2, -0.15) is 13.2 Å². The van der Waals surface area contributed by atoms with E-state index in [-0.39, 0.29) is 0 Å². The van der Waals surface area contributed by atoms with Crippen molar-refractivity contribution in [3.8, 4) is 0 Å². The molecule has 0 spiro atoms. The van der Waals surface area contributed by atoms with E-state index in [0.717, 1.165) is 49.6 Å². The maximum atomic E-state index is 13.0. The molecule has 150 valence electrons. The Kier molecular flexibility index (Phi) is 5.92. The van der Waals surface area contributed by atoms with Crippen molar-refractivity contribution >= 4 is 27.4 Å². The second-order valence-corrected chi connectivity index (χ2v) is 7.25. The Labute approximate surface area is 157 Å². The van der Waals surface area contributed by atoms with Crippen molar-refractivity contribution in [2.75, 3.05) is 18.0 Å². The predicted octanol–water partition coefficient (Wildman–Crippen LogP) is 2.98. The molecule has 0 aliphatic rings. The number of esters is 1. The molecule has 2 aromatic carbocycles. The Morgan fingerprint density at radius 2 is 1.82 bits per heavy atom. The van der Waals surface area contributed by atoms with Crippen LogP contribution in [0.25, 0.3) is 0 Å². The second-order valence-electron chi connectivity index (χ2n) is 5.39. The smallest absolute Gasteiger partial charge is 0.416 e. The molecule has 0 atom stereocenters. The standard InChI is InChI=1S/C16H13F3N2O6S/c1-27-15(22)10-20(12-5-2-4-11(8-12)16(17,18)19)28(25,26)14-7-3-6-13(9-14)21(23)24/h2-9H,10H2,1H3. The maximum Gasteiger partial charge on any atom is 0.416 e. The number of sulfonamides is 1. The quantitative estimate of drug-likeness (QED) is 0.406. The molecule has 2 aromatic rings. The molecule has 0 heterocycles. The van der Waals surface area contributed by atoms with Crippen LogP contribution in [0.1, 0.15) is 5.56 Å². The molecule has 0 N–H and O–H groups in total. The minimum Gasteiger partial charge on any atom is -0.468 e. The van der Waals surface area contributed by atoms with Crippen molar-refractivity contribution in [3.05, 3.63) is 64.2 Å². The van der Waals surface area contributed by atoms with E-state index in [1.165, 1.54) is 0 Å². The lowest BCUT2D eigenvalue weighted by atomic mass is 10.2. The molecule has 8 nitrogen and oxygen atoms in total. The summed E-state index contributed by atoms with van der Waals surface area (Å²) in [7, 11) is -3.64. The van der Waals surface area contributed by atoms with Crippen molar-refractivity contribution in [1.29, 1.82) is 0 Å². The van der Waals surface area contributed by atoms with E-state index in [1.807, 2.05) is 0 Å². The summed E-state index contributed by atoms with van der Waals surface area (Å²) in [4.78, 5) is 21.2. The van der Waals surface area contributed by atoms with Crippen LogP contribution in [0, 0.1) is 10.1 Å². The summed E-state index contributed by atoms with van der Waals surface area (Å²) in [6.45, 7) is -0.928. The average Bonchev–Trinajstić information content (AvgIpc) is 2.65. The highest BCUT2D eigenvalue weighted by Gasteiger charge is 2.33. The topological polar surface area (TPSA) is 107 Å². The van der Waals surface area contributed by atoms with Crippen LogP contribution in [0.15, 0.2) is 53.4 Å². The average molecular weight is 418 g/mol. The van der Waals surface area contributed by atoms with Crippen LogP contribution in [0.2, 0.25) is 0 Å². The summed E-state index contributed by atoms with van der Waals surface area (Å²) >= 11 is 0. The molecule has 0 aromatic heterocycles. The first kappa shape index (κ1) is 21.2. The van der Waals surface area contributed by atoms with Crippen molar-refractivity contribution in [1.82, 2.24) is 0 Å². The SMILES string of the molecule is COC(=O)CN(c1cccc(C(F)(F)F)c1)S(=O)(=O)c1cccc([N+](=O)[O-])c1. The normalized spacial score (nSPS) is 11.7. The number of rotatable bonds is 6. The van der Waals surface area contributed by atoms with E-state index < -0.39 is 55.5 Å². The highest BCUT2D eigenvalue weighted by atomic mass is 32.2. The third-order valence-corrected chi connectivity index (χ3v) is 5.35. The van der Waals surface area contributed by atoms with E-state index in [1.54, 1.807) is 0 Å². The number of nitro benzene ring substituents is 1. The van der Waals surface area contributed by atoms with Gasteiger partial charge in [-0.1, -0.05) is 12.1 Å². The number of methoxy groups -OCH3 is 1. The zero-order chi connectivity index (χ0) is 21.1. The summed E-state index contributed by atoms with van der Waals surface area (Å²) < 4.78 is 69.6. The molecular weight excluding hydrogens is 405 g/mol. The van der Waals surface area contributed by atoms with Gasteiger partial charge in [0.25, 0.3) is 15.7 Å². The van der Waals surface area contributed by atoms with Crippen LogP contribution in [0.4, 0.5) is 24.5 Å². The van der Waals surface area contributed by atoms with Crippen LogP contribution >= 0.6 is 0 Å². The number of alkyl halides is 3. The van der Waals surface area contributed by atoms with Crippen LogP contribution in [-0.4, -0.2) is 33.0 Å². The Bertz CT molecular complexity index is 1010. The van der Waals surface area contributed by atoms with E-state index in [2.05, 4.69) is 4.74 Å². The molecule has 0 bridgehead atoms. The van der Waals surface area contributed by atoms with Crippen LogP contribution in [0.5, 0.6) is 0 Å². The van der Waals surface area contributed by atoms with Gasteiger partial charge in [0.15, 0.2) is 0 Å². The highest BCUT2D eigenvalue weighted by Crippen LogP contribution is 2.33. The van der Waals surface area contributed by atoms with Gasteiger partial charge in [0, 0.05) is 12.1 Å². The third kappa shape index (κ3) is 4.57. The summed E-state index contributed by atoms with van der Waals surface area (Å²) in [5, 5.41) is 10.9. The van der Waals surface area contributed by atoms with Gasteiger partial charge >= 0.3 is 12.1 Å². The third-order valence-electron chi connectivity index (χ3n) is 3.58. The first-order chi connectivity index (χ1) is 13.0. The number of hydrogen-bond acceptors (Lipinski definition) is 6. The number of carbonyl (C=O) groups is 1. The van der Waals surface area contributed by atoms with Gasteiger partial charge in [0.2, 0.25) is 0 Å². The van der Waals surface area contributed by atoms with E-state index >= 15 is 0 Å². The molecule has 0 amide bonds. The number of carbonyl (C=O) groups excluding carboxylic acids is 1. The fourth-order valence-corrected chi connectivity index (χ4v) is 3.66. The molecule has 0 aliphatic carbocycles. The van der Waals surface area contributed by atoms with Gasteiger partial charge in [0.05, 0.1) is 28.2 Å². The summed E-state index contributed by atoms with van der Waals surface area (Å²) in [5.74, 6) is -1.04. The summed E-state index contributed by atoms with van der Waals surface area (Å²) in [6, 6.07) is 7.25. The number of anilines is 1. The molecule has 0 saturated carbocycles. The predicted molar refractivity (Wildman–Crippen MR) is 91.1 cm³/mol. The van der Waals surface area contributed by atoms with Crippen molar-refractivity contribution in [3.63, 3.8) is 0 Å². The van der Waals surface area contributed by atoms with Crippen LogP contribution in [0.3, 0.4) is 0 Å². The number of ether oxygens (including phenoxy) is 1. The number of hydrogen-bond donors (Lipinski definition) is 0. The fourth-order valence-electron chi connectivity index (χ4n) is 2.22. The monoisotopic (exact) mass is 418 g/mol. The van der Waals surface area contributed by atoms with Gasteiger partial charge in [-0.05, 0) is 24.3 Å². The molecule has 12 heteroatoms. The van der Waals surface area contributed by atoms with E-state index in [4.69, 9.17) is 0 Å². The van der Waals surface area contributed by atoms with Crippen molar-refractivity contribution in [2.24, 2.45) is 0 Å². The zero-order valence-corrected chi connectivity index (χ0v) is 15.0. The number of benzene rings is 2. The van der Waals surface area contributed by atoms with Crippen LogP contribution in [-0.2, 0) is 25.7 Å². The molecule has 28 heavy (non-hydrogen) atoms. The van der Waals surface area contributed by atoms with Crippen LogP contribution < -0.4 is 4.31 Å². The Hall–Kier alpha value is -3.15. The van der Waals surface area contributed by atoms with Gasteiger partial charge in [-0.25, -0.2) is 8.42 Å². The largest absolute Gasteiger partial charge is 0.468 e. The number of halogens is 3. The van der Waals surface area contributed by atoms with Gasteiger partial charge in [0.1, 0.15) is 6.54 Å². The lowest BCUT2D eigenvalue weighted by Gasteiger charge is -2.24. The Balaban J connectivity index is 2.62. The molecular formula is C16H13F3N2O6S. The number of nitrogens with zero attached hydrogens (tertiary/aromatic N) is 2.